The van der Waals surface area contributed by atoms with Crippen LogP contribution < -0.4 is 0 Å². The van der Waals surface area contributed by atoms with Gasteiger partial charge in [-0.15, -0.1) is 0 Å². The van der Waals surface area contributed by atoms with Gasteiger partial charge in [0, 0.05) is 9.79 Å². The Hall–Kier alpha value is -1.03. The number of phenols is 2. The molecule has 0 aliphatic heterocycles. The van der Waals surface area contributed by atoms with E-state index >= 15 is 0 Å². The van der Waals surface area contributed by atoms with Gasteiger partial charge in [-0.25, -0.2) is 0 Å². The quantitative estimate of drug-likeness (QED) is 0.514. The maximum atomic E-state index is 10.3. The first-order valence-corrected chi connectivity index (χ1v) is 10.5. The molecule has 0 radical (unpaired) electrons. The van der Waals surface area contributed by atoms with Crippen molar-refractivity contribution < 1.29 is 10.2 Å². The molecule has 2 aromatic carbocycles. The van der Waals surface area contributed by atoms with Gasteiger partial charge in [0.2, 0.25) is 0 Å². The topological polar surface area (TPSA) is 40.5 Å². The van der Waals surface area contributed by atoms with Crippen LogP contribution in [0.15, 0.2) is 21.9 Å². The highest BCUT2D eigenvalue weighted by molar-refractivity contribution is 7.99. The predicted molar refractivity (Wildman–Crippen MR) is 117 cm³/mol. The Morgan fingerprint density at radius 1 is 0.704 bits per heavy atom. The summed E-state index contributed by atoms with van der Waals surface area (Å²) in [7, 11) is 0. The summed E-state index contributed by atoms with van der Waals surface area (Å²) in [6.07, 6.45) is 0. The number of halogens is 2. The zero-order chi connectivity index (χ0) is 20.9. The SMILES string of the molecule is Cc1cc(O)c(Cl)c(C(C)(C)C)c1Sc1c(C)cc(O)c(Cl)c1C(C)(C)C. The lowest BCUT2D eigenvalue weighted by molar-refractivity contribution is 0.469. The molecule has 2 rings (SSSR count). The van der Waals surface area contributed by atoms with Crippen LogP contribution in [-0.4, -0.2) is 10.2 Å². The highest BCUT2D eigenvalue weighted by Gasteiger charge is 2.30. The third-order valence-corrected chi connectivity index (χ3v) is 6.70. The molecule has 27 heavy (non-hydrogen) atoms. The largest absolute Gasteiger partial charge is 0.506 e. The Bertz CT molecular complexity index is 818. The molecule has 0 bridgehead atoms. The van der Waals surface area contributed by atoms with Gasteiger partial charge in [0.1, 0.15) is 11.5 Å². The third kappa shape index (κ3) is 4.36. The maximum Gasteiger partial charge on any atom is 0.134 e. The molecule has 148 valence electrons. The fourth-order valence-corrected chi connectivity index (χ4v) is 5.86. The minimum Gasteiger partial charge on any atom is -0.506 e. The van der Waals surface area contributed by atoms with Gasteiger partial charge in [0.25, 0.3) is 0 Å². The van der Waals surface area contributed by atoms with E-state index in [2.05, 4.69) is 41.5 Å². The fourth-order valence-electron chi connectivity index (χ4n) is 3.22. The van der Waals surface area contributed by atoms with Gasteiger partial charge in [-0.1, -0.05) is 76.5 Å². The van der Waals surface area contributed by atoms with Gasteiger partial charge in [-0.2, -0.15) is 0 Å². The van der Waals surface area contributed by atoms with E-state index in [0.29, 0.717) is 10.0 Å². The Labute approximate surface area is 176 Å². The van der Waals surface area contributed by atoms with E-state index in [-0.39, 0.29) is 22.3 Å². The minimum absolute atomic E-state index is 0.0972. The van der Waals surface area contributed by atoms with Crippen LogP contribution in [0.3, 0.4) is 0 Å². The number of aromatic hydroxyl groups is 2. The first-order chi connectivity index (χ1) is 12.2. The van der Waals surface area contributed by atoms with Crippen molar-refractivity contribution in [3.63, 3.8) is 0 Å². The second kappa shape index (κ2) is 7.42. The lowest BCUT2D eigenvalue weighted by Crippen LogP contribution is -2.16. The predicted octanol–water partition coefficient (Wildman–Crippen LogP) is 7.77. The molecule has 0 amide bonds. The molecule has 0 saturated carbocycles. The van der Waals surface area contributed by atoms with Crippen LogP contribution in [0.1, 0.15) is 63.8 Å². The third-order valence-electron chi connectivity index (χ3n) is 4.47. The van der Waals surface area contributed by atoms with E-state index in [0.717, 1.165) is 32.0 Å². The van der Waals surface area contributed by atoms with Gasteiger partial charge in [0.15, 0.2) is 0 Å². The number of rotatable bonds is 2. The molecular weight excluding hydrogens is 399 g/mol. The summed E-state index contributed by atoms with van der Waals surface area (Å²) in [4.78, 5) is 2.03. The minimum atomic E-state index is -0.251. The summed E-state index contributed by atoms with van der Waals surface area (Å²) < 4.78 is 0. The van der Waals surface area contributed by atoms with E-state index in [1.807, 2.05) is 13.8 Å². The van der Waals surface area contributed by atoms with Gasteiger partial charge in [-0.3, -0.25) is 0 Å². The van der Waals surface area contributed by atoms with Crippen LogP contribution in [0.25, 0.3) is 0 Å². The van der Waals surface area contributed by atoms with E-state index < -0.39 is 0 Å². The number of aryl methyl sites for hydroxylation is 2. The molecule has 0 aromatic heterocycles. The summed E-state index contributed by atoms with van der Waals surface area (Å²) >= 11 is 14.6. The van der Waals surface area contributed by atoms with E-state index in [1.54, 1.807) is 23.9 Å². The van der Waals surface area contributed by atoms with Crippen molar-refractivity contribution in [2.75, 3.05) is 0 Å². The molecular formula is C22H28Cl2O2S. The molecule has 5 heteroatoms. The zero-order valence-electron chi connectivity index (χ0n) is 17.2. The summed E-state index contributed by atoms with van der Waals surface area (Å²) in [5.41, 5.74) is 3.23. The molecule has 0 atom stereocenters. The average molecular weight is 427 g/mol. The Morgan fingerprint density at radius 3 is 1.26 bits per heavy atom. The second-order valence-corrected chi connectivity index (χ2v) is 10.8. The number of benzene rings is 2. The molecule has 0 aliphatic carbocycles. The second-order valence-electron chi connectivity index (χ2n) is 9.06. The molecule has 0 fully saturated rings. The number of phenolic OH excluding ortho intramolecular Hbond substituents is 2. The zero-order valence-corrected chi connectivity index (χ0v) is 19.5. The molecule has 0 aliphatic rings. The smallest absolute Gasteiger partial charge is 0.134 e. The van der Waals surface area contributed by atoms with Crippen molar-refractivity contribution in [1.29, 1.82) is 0 Å². The molecule has 0 heterocycles. The lowest BCUT2D eigenvalue weighted by Gasteiger charge is -2.29. The van der Waals surface area contributed by atoms with Crippen molar-refractivity contribution in [2.24, 2.45) is 0 Å². The van der Waals surface area contributed by atoms with Crippen molar-refractivity contribution in [2.45, 2.75) is 76.0 Å². The van der Waals surface area contributed by atoms with Crippen LogP contribution in [0.4, 0.5) is 0 Å². The number of hydrogen-bond donors (Lipinski definition) is 2. The van der Waals surface area contributed by atoms with E-state index in [4.69, 9.17) is 23.2 Å². The number of hydrogen-bond acceptors (Lipinski definition) is 3. The van der Waals surface area contributed by atoms with Gasteiger partial charge < -0.3 is 10.2 Å². The Morgan fingerprint density at radius 2 is 1.00 bits per heavy atom. The molecule has 2 N–H and O–H groups in total. The van der Waals surface area contributed by atoms with Crippen LogP contribution >= 0.6 is 35.0 Å². The standard InChI is InChI=1S/C22H28Cl2O2S/c1-11-9-13(25)17(23)15(21(3,4)5)19(11)27-20-12(2)10-14(26)18(24)16(20)22(6,7)8/h9-10,25-26H,1-8H3. The van der Waals surface area contributed by atoms with Gasteiger partial charge >= 0.3 is 0 Å². The first-order valence-electron chi connectivity index (χ1n) is 8.89. The van der Waals surface area contributed by atoms with E-state index in [9.17, 15) is 10.2 Å². The van der Waals surface area contributed by atoms with Gasteiger partial charge in [-0.05, 0) is 59.1 Å². The fraction of sp³-hybridized carbons (Fsp3) is 0.455. The summed E-state index contributed by atoms with van der Waals surface area (Å²) in [6, 6.07) is 3.40. The Balaban J connectivity index is 2.84. The van der Waals surface area contributed by atoms with Crippen molar-refractivity contribution in [3.8, 4) is 11.5 Å². The average Bonchev–Trinajstić information content (AvgIpc) is 2.47. The first kappa shape index (κ1) is 22.3. The summed E-state index contributed by atoms with van der Waals surface area (Å²) in [6.45, 7) is 16.4. The highest BCUT2D eigenvalue weighted by Crippen LogP contribution is 2.50. The maximum absolute atomic E-state index is 10.3. The van der Waals surface area contributed by atoms with Crippen LogP contribution in [0.5, 0.6) is 11.5 Å². The highest BCUT2D eigenvalue weighted by atomic mass is 35.5. The monoisotopic (exact) mass is 426 g/mol. The molecule has 2 aromatic rings. The van der Waals surface area contributed by atoms with Crippen LogP contribution in [0.2, 0.25) is 10.0 Å². The molecule has 2 nitrogen and oxygen atoms in total. The van der Waals surface area contributed by atoms with Crippen molar-refractivity contribution in [1.82, 2.24) is 0 Å². The van der Waals surface area contributed by atoms with Crippen LogP contribution in [0, 0.1) is 13.8 Å². The lowest BCUT2D eigenvalue weighted by atomic mass is 9.85. The Kier molecular flexibility index (Phi) is 6.12. The van der Waals surface area contributed by atoms with E-state index in [1.165, 1.54) is 0 Å². The normalized spacial score (nSPS) is 12.5. The van der Waals surface area contributed by atoms with Crippen molar-refractivity contribution >= 4 is 35.0 Å². The summed E-state index contributed by atoms with van der Waals surface area (Å²) in [5, 5.41) is 21.3. The van der Waals surface area contributed by atoms with Crippen LogP contribution in [-0.2, 0) is 10.8 Å². The summed E-state index contributed by atoms with van der Waals surface area (Å²) in [5.74, 6) is 0.194. The molecule has 0 spiro atoms. The molecule has 0 saturated heterocycles. The van der Waals surface area contributed by atoms with Crippen molar-refractivity contribution in [3.05, 3.63) is 44.4 Å². The van der Waals surface area contributed by atoms with Gasteiger partial charge in [0.05, 0.1) is 10.0 Å². The molecule has 0 unspecified atom stereocenters.